The number of carbonyl (C=O) groups is 1. The van der Waals surface area contributed by atoms with Gasteiger partial charge in [0.2, 0.25) is 0 Å². The second-order valence-corrected chi connectivity index (χ2v) is 5.24. The van der Waals surface area contributed by atoms with Gasteiger partial charge in [-0.3, -0.25) is 15.1 Å². The number of hydrogen-bond acceptors (Lipinski definition) is 5. The summed E-state index contributed by atoms with van der Waals surface area (Å²) in [6, 6.07) is 20.8. The van der Waals surface area contributed by atoms with Crippen LogP contribution in [0, 0.1) is 0 Å². The van der Waals surface area contributed by atoms with Gasteiger partial charge in [-0.25, -0.2) is 9.78 Å². The molecule has 0 saturated carbocycles. The molecule has 3 N–H and O–H groups in total. The van der Waals surface area contributed by atoms with Crippen LogP contribution in [-0.4, -0.2) is 41.2 Å². The van der Waals surface area contributed by atoms with Crippen molar-refractivity contribution in [3.8, 4) is 0 Å². The van der Waals surface area contributed by atoms with Gasteiger partial charge >= 0.3 is 5.97 Å². The van der Waals surface area contributed by atoms with Crippen LogP contribution in [0.25, 0.3) is 11.0 Å². The Labute approximate surface area is 167 Å². The van der Waals surface area contributed by atoms with Crippen LogP contribution in [0.2, 0.25) is 0 Å². The molecule has 8 heteroatoms. The van der Waals surface area contributed by atoms with Gasteiger partial charge in [-0.2, -0.15) is 5.10 Å². The Morgan fingerprint density at radius 1 is 0.759 bits per heavy atom. The first-order valence-corrected chi connectivity index (χ1v) is 8.58. The third-order valence-corrected chi connectivity index (χ3v) is 3.19. The summed E-state index contributed by atoms with van der Waals surface area (Å²) in [6.45, 7) is 0. The first-order chi connectivity index (χ1) is 14.3. The molecule has 0 atom stereocenters. The number of carboxylic acid groups (broad SMARTS) is 1. The van der Waals surface area contributed by atoms with Gasteiger partial charge in [0.1, 0.15) is 5.69 Å². The molecule has 146 valence electrons. The molecular weight excluding hydrogens is 368 g/mol. The molecule has 5 rings (SSSR count). The van der Waals surface area contributed by atoms with Gasteiger partial charge in [0.25, 0.3) is 0 Å². The average molecular weight is 388 g/mol. The number of nitrogens with zero attached hydrogens (tertiary/aromatic N) is 4. The van der Waals surface area contributed by atoms with E-state index in [9.17, 15) is 4.79 Å². The molecule has 8 nitrogen and oxygen atoms in total. The molecule has 0 amide bonds. The molecule has 4 aromatic heterocycles. The summed E-state index contributed by atoms with van der Waals surface area (Å²) in [4.78, 5) is 24.6. The van der Waals surface area contributed by atoms with Crippen molar-refractivity contribution < 1.29 is 9.90 Å². The highest BCUT2D eigenvalue weighted by Crippen LogP contribution is 2.05. The first-order valence-electron chi connectivity index (χ1n) is 8.58. The molecule has 0 saturated heterocycles. The van der Waals surface area contributed by atoms with E-state index >= 15 is 0 Å². The molecule has 0 unspecified atom stereocenters. The molecule has 29 heavy (non-hydrogen) atoms. The van der Waals surface area contributed by atoms with Crippen LogP contribution in [0.15, 0.2) is 104 Å². The molecule has 0 aliphatic carbocycles. The standard InChI is InChI=1S/C7H6N2.2C5H5N.C4H4N2O2/c1-2-4-7-6(3-1)8-5-9-7;2*1-2-4-6-5-3-1;7-4(8)3-1-2-5-6-3/h1-5H,(H,8,9);2*1-5H;1-2H,(H,5,6)(H,7,8). The lowest BCUT2D eigenvalue weighted by atomic mass is 10.3. The van der Waals surface area contributed by atoms with E-state index in [-0.39, 0.29) is 5.69 Å². The van der Waals surface area contributed by atoms with Crippen LogP contribution in [0.4, 0.5) is 0 Å². The van der Waals surface area contributed by atoms with Gasteiger partial charge in [-0.1, -0.05) is 24.3 Å². The third kappa shape index (κ3) is 8.74. The lowest BCUT2D eigenvalue weighted by Crippen LogP contribution is -1.95. The quantitative estimate of drug-likeness (QED) is 0.401. The van der Waals surface area contributed by atoms with E-state index in [2.05, 4.69) is 30.1 Å². The van der Waals surface area contributed by atoms with Crippen molar-refractivity contribution in [3.63, 3.8) is 0 Å². The predicted molar refractivity (Wildman–Crippen MR) is 110 cm³/mol. The maximum atomic E-state index is 9.99. The van der Waals surface area contributed by atoms with Crippen molar-refractivity contribution in [1.29, 1.82) is 0 Å². The maximum Gasteiger partial charge on any atom is 0.353 e. The maximum absolute atomic E-state index is 9.99. The minimum absolute atomic E-state index is 0.116. The van der Waals surface area contributed by atoms with Crippen LogP contribution in [0.3, 0.4) is 0 Å². The Hall–Kier alpha value is -4.33. The van der Waals surface area contributed by atoms with Crippen molar-refractivity contribution >= 4 is 17.0 Å². The van der Waals surface area contributed by atoms with Crippen LogP contribution >= 0.6 is 0 Å². The summed E-state index contributed by atoms with van der Waals surface area (Å²) >= 11 is 0. The number of rotatable bonds is 1. The number of imidazole rings is 1. The number of pyridine rings is 2. The predicted octanol–water partition coefficient (Wildman–Crippen LogP) is 3.83. The molecule has 5 aromatic rings. The number of aromatic nitrogens is 6. The highest BCUT2D eigenvalue weighted by molar-refractivity contribution is 5.84. The second kappa shape index (κ2) is 12.9. The van der Waals surface area contributed by atoms with E-state index in [1.54, 1.807) is 31.1 Å². The van der Waals surface area contributed by atoms with Gasteiger partial charge in [-0.15, -0.1) is 0 Å². The zero-order chi connectivity index (χ0) is 20.6. The van der Waals surface area contributed by atoms with Crippen molar-refractivity contribution in [2.75, 3.05) is 0 Å². The largest absolute Gasteiger partial charge is 0.477 e. The minimum atomic E-state index is -0.984. The lowest BCUT2D eigenvalue weighted by molar-refractivity contribution is 0.0690. The fourth-order valence-electron chi connectivity index (χ4n) is 1.88. The molecule has 1 aromatic carbocycles. The van der Waals surface area contributed by atoms with Crippen LogP contribution < -0.4 is 0 Å². The van der Waals surface area contributed by atoms with Crippen LogP contribution in [0.1, 0.15) is 10.5 Å². The number of aromatic amines is 2. The number of aromatic carboxylic acids is 1. The van der Waals surface area contributed by atoms with Gasteiger partial charge in [-0.05, 0) is 42.5 Å². The Morgan fingerprint density at radius 2 is 1.38 bits per heavy atom. The number of hydrogen-bond donors (Lipinski definition) is 3. The molecule has 0 spiro atoms. The van der Waals surface area contributed by atoms with Crippen molar-refractivity contribution in [2.45, 2.75) is 0 Å². The van der Waals surface area contributed by atoms with Crippen molar-refractivity contribution in [1.82, 2.24) is 30.1 Å². The van der Waals surface area contributed by atoms with Crippen molar-refractivity contribution in [2.24, 2.45) is 0 Å². The second-order valence-electron chi connectivity index (χ2n) is 5.24. The summed E-state index contributed by atoms with van der Waals surface area (Å²) in [7, 11) is 0. The number of H-pyrrole nitrogens is 2. The SMILES string of the molecule is O=C(O)c1ccn[nH]1.c1ccc2[nH]cnc2c1.c1ccncc1.c1ccncc1. The molecular formula is C21H20N6O2. The summed E-state index contributed by atoms with van der Waals surface area (Å²) in [6.07, 6.45) is 10.1. The average Bonchev–Trinajstić information content (AvgIpc) is 3.50. The minimum Gasteiger partial charge on any atom is -0.477 e. The smallest absolute Gasteiger partial charge is 0.353 e. The van der Waals surface area contributed by atoms with Crippen molar-refractivity contribution in [3.05, 3.63) is 110 Å². The molecule has 0 radical (unpaired) electrons. The van der Waals surface area contributed by atoms with E-state index in [4.69, 9.17) is 5.11 Å². The van der Waals surface area contributed by atoms with Crippen LogP contribution in [-0.2, 0) is 0 Å². The first kappa shape index (κ1) is 21.0. The summed E-state index contributed by atoms with van der Waals surface area (Å²) < 4.78 is 0. The summed E-state index contributed by atoms with van der Waals surface area (Å²) in [5, 5.41) is 13.9. The molecule has 0 aliphatic heterocycles. The monoisotopic (exact) mass is 388 g/mol. The normalized spacial score (nSPS) is 8.97. The number of carboxylic acids is 1. The summed E-state index contributed by atoms with van der Waals surface area (Å²) in [5.41, 5.74) is 2.24. The van der Waals surface area contributed by atoms with E-state index in [1.807, 2.05) is 60.7 Å². The number of para-hydroxylation sites is 2. The van der Waals surface area contributed by atoms with E-state index < -0.39 is 5.97 Å². The highest BCUT2D eigenvalue weighted by atomic mass is 16.4. The van der Waals surface area contributed by atoms with E-state index in [0.717, 1.165) is 11.0 Å². The zero-order valence-corrected chi connectivity index (χ0v) is 15.5. The topological polar surface area (TPSA) is 120 Å². The van der Waals surface area contributed by atoms with Crippen LogP contribution in [0.5, 0.6) is 0 Å². The Balaban J connectivity index is 0.000000140. The van der Waals surface area contributed by atoms with Gasteiger partial charge in [0, 0.05) is 31.0 Å². The molecule has 0 fully saturated rings. The summed E-state index contributed by atoms with van der Waals surface area (Å²) in [5.74, 6) is -0.984. The Morgan fingerprint density at radius 3 is 1.76 bits per heavy atom. The third-order valence-electron chi connectivity index (χ3n) is 3.19. The van der Waals surface area contributed by atoms with Gasteiger partial charge in [0.15, 0.2) is 0 Å². The van der Waals surface area contributed by atoms with E-state index in [1.165, 1.54) is 12.3 Å². The molecule has 4 heterocycles. The lowest BCUT2D eigenvalue weighted by Gasteiger charge is -1.81. The van der Waals surface area contributed by atoms with Gasteiger partial charge < -0.3 is 10.1 Å². The zero-order valence-electron chi connectivity index (χ0n) is 15.5. The number of nitrogens with one attached hydrogen (secondary N) is 2. The van der Waals surface area contributed by atoms with E-state index in [0.29, 0.717) is 0 Å². The molecule has 0 bridgehead atoms. The number of benzene rings is 1. The van der Waals surface area contributed by atoms with Gasteiger partial charge in [0.05, 0.1) is 17.4 Å². The molecule has 0 aliphatic rings. The Bertz CT molecular complexity index is 919. The highest BCUT2D eigenvalue weighted by Gasteiger charge is 1.99. The fraction of sp³-hybridized carbons (Fsp3) is 0. The number of fused-ring (bicyclic) bond motifs is 1. The fourth-order valence-corrected chi connectivity index (χ4v) is 1.88. The Kier molecular flexibility index (Phi) is 9.35.